The van der Waals surface area contributed by atoms with Gasteiger partial charge in [0.15, 0.2) is 0 Å². The Hall–Kier alpha value is -7.26. The van der Waals surface area contributed by atoms with Crippen molar-refractivity contribution >= 4 is 71.0 Å². The van der Waals surface area contributed by atoms with E-state index in [1.54, 1.807) is 71.9 Å². The predicted molar refractivity (Wildman–Crippen MR) is 289 cm³/mol. The third kappa shape index (κ3) is 20.1. The highest BCUT2D eigenvalue weighted by Crippen LogP contribution is 2.27. The van der Waals surface area contributed by atoms with Crippen molar-refractivity contribution in [3.05, 3.63) is 35.9 Å². The molecule has 2 aliphatic rings. The van der Waals surface area contributed by atoms with Crippen LogP contribution in [-0.2, 0) is 64.0 Å². The fraction of sp³-hybridized carbons (Fsp3) is 0.660. The van der Waals surface area contributed by atoms with Crippen molar-refractivity contribution in [3.63, 3.8) is 0 Å². The van der Waals surface area contributed by atoms with Crippen molar-refractivity contribution in [2.75, 3.05) is 26.2 Å². The Balaban J connectivity index is 1.84. The zero-order valence-electron chi connectivity index (χ0n) is 46.6. The minimum atomic E-state index is -1.72. The van der Waals surface area contributed by atoms with Crippen LogP contribution < -0.4 is 54.4 Å². The molecule has 0 aromatic heterocycles. The second-order valence-electron chi connectivity index (χ2n) is 21.2. The van der Waals surface area contributed by atoms with Gasteiger partial charge < -0.3 is 79.5 Å². The number of benzene rings is 1. The van der Waals surface area contributed by atoms with Crippen molar-refractivity contribution in [2.24, 2.45) is 35.0 Å². The summed E-state index contributed by atoms with van der Waals surface area (Å²) in [4.78, 5) is 163. The number of aliphatic hydroxyl groups excluding tert-OH is 1. The molecule has 80 heavy (non-hydrogen) atoms. The van der Waals surface area contributed by atoms with E-state index in [4.69, 9.17) is 17.2 Å². The summed E-state index contributed by atoms with van der Waals surface area (Å²) in [5.41, 5.74) is 17.4. The summed E-state index contributed by atoms with van der Waals surface area (Å²) in [7, 11) is 0. The number of aliphatic carboxylic acids is 2. The minimum Gasteiger partial charge on any atom is -0.481 e. The van der Waals surface area contributed by atoms with E-state index in [-0.39, 0.29) is 51.2 Å². The number of nitrogens with zero attached hydrogens (tertiary/aromatic N) is 2. The van der Waals surface area contributed by atoms with E-state index in [0.29, 0.717) is 37.7 Å². The molecule has 16 N–H and O–H groups in total. The first kappa shape index (κ1) is 67.0. The molecule has 1 aromatic rings. The van der Waals surface area contributed by atoms with Gasteiger partial charge >= 0.3 is 11.9 Å². The lowest BCUT2D eigenvalue weighted by Crippen LogP contribution is -2.61. The fourth-order valence-corrected chi connectivity index (χ4v) is 9.28. The van der Waals surface area contributed by atoms with Gasteiger partial charge in [-0.25, -0.2) is 4.79 Å². The molecule has 0 unspecified atom stereocenters. The van der Waals surface area contributed by atoms with Gasteiger partial charge in [0.1, 0.15) is 54.4 Å². The van der Waals surface area contributed by atoms with Crippen molar-refractivity contribution in [1.29, 1.82) is 0 Å². The normalized spacial score (nSPS) is 18.5. The number of hydrogen-bond acceptors (Lipinski definition) is 15. The highest BCUT2D eigenvalue weighted by Gasteiger charge is 2.45. The minimum absolute atomic E-state index is 0.0110. The van der Waals surface area contributed by atoms with Crippen LogP contribution in [0.2, 0.25) is 0 Å². The summed E-state index contributed by atoms with van der Waals surface area (Å²) < 4.78 is 0. The lowest BCUT2D eigenvalue weighted by atomic mass is 9.96. The number of carbonyl (C=O) groups excluding carboxylic acids is 10. The fourth-order valence-electron chi connectivity index (χ4n) is 9.28. The molecule has 0 bridgehead atoms. The van der Waals surface area contributed by atoms with Crippen LogP contribution in [0.5, 0.6) is 0 Å². The van der Waals surface area contributed by atoms with Crippen molar-refractivity contribution in [2.45, 2.75) is 179 Å². The second kappa shape index (κ2) is 32.7. The molecular formula is C53H84N12O15. The van der Waals surface area contributed by atoms with Crippen molar-refractivity contribution in [1.82, 2.24) is 47.0 Å². The van der Waals surface area contributed by atoms with Crippen LogP contribution >= 0.6 is 0 Å². The molecule has 2 saturated heterocycles. The van der Waals surface area contributed by atoms with Crippen LogP contribution in [0.15, 0.2) is 30.3 Å². The lowest BCUT2D eigenvalue weighted by molar-refractivity contribution is -0.149. The highest BCUT2D eigenvalue weighted by molar-refractivity contribution is 5.99. The monoisotopic (exact) mass is 1130 g/mol. The highest BCUT2D eigenvalue weighted by atomic mass is 16.4. The average molecular weight is 1130 g/mol. The Morgan fingerprint density at radius 3 is 1.73 bits per heavy atom. The van der Waals surface area contributed by atoms with E-state index in [2.05, 4.69) is 37.2 Å². The zero-order chi connectivity index (χ0) is 60.0. The standard InChI is InChI=1S/C53H84N12O15/c1-7-30(6)43(63-47(73)36(27-66)61-49(75)41(56)28(2)3)52(78)65-24-14-19-38(65)51(77)64-23-13-18-37(64)48(74)57-33(20-21-40(68)69)45(71)62-42(29(4)5)50(76)58-32(17-11-12-22-54)44(70)59-34(25-31-15-9-8-10-16-31)46(72)60-35(53(79)80)26-39(55)67/h8-10,15-16,28-30,32-38,41-43,66H,7,11-14,17-27,54,56H2,1-6H3,(H2,55,67)(H,57,74)(H,58,76)(H,59,70)(H,60,72)(H,61,75)(H,62,71)(H,63,73)(H,68,69)(H,79,80)/t30-,32-,33-,34-,35-,36-,37-,38-,41-,42-,43-/m0/s1. The van der Waals surface area contributed by atoms with Gasteiger partial charge in [-0.3, -0.25) is 52.7 Å². The predicted octanol–water partition coefficient (Wildman–Crippen LogP) is -2.76. The third-order valence-corrected chi connectivity index (χ3v) is 14.3. The number of nitrogens with two attached hydrogens (primary N) is 3. The van der Waals surface area contributed by atoms with Crippen LogP contribution in [0.4, 0.5) is 0 Å². The molecule has 10 amide bonds. The van der Waals surface area contributed by atoms with Gasteiger partial charge in [0, 0.05) is 25.9 Å². The first-order valence-electron chi connectivity index (χ1n) is 27.3. The number of rotatable bonds is 33. The van der Waals surface area contributed by atoms with Crippen LogP contribution in [0.25, 0.3) is 0 Å². The molecule has 2 fully saturated rings. The largest absolute Gasteiger partial charge is 0.481 e. The number of carboxylic acid groups (broad SMARTS) is 2. The SMILES string of the molecule is CC[C@H](C)[C@H](NC(=O)[C@H](CO)NC(=O)[C@@H](N)C(C)C)C(=O)N1CCC[C@H]1C(=O)N1CCC[C@H]1C(=O)N[C@@H](CCC(=O)O)C(=O)N[C@H](C(=O)N[C@@H](CCCCN)C(=O)N[C@@H](Cc1ccccc1)C(=O)N[C@@H](CC(N)=O)C(=O)O)C(C)C. The topological polar surface area (TPSA) is 434 Å². The van der Waals surface area contributed by atoms with Crippen molar-refractivity contribution < 1.29 is 72.9 Å². The molecule has 0 saturated carbocycles. The molecule has 3 rings (SSSR count). The van der Waals surface area contributed by atoms with E-state index in [0.717, 1.165) is 0 Å². The molecule has 2 heterocycles. The Kier molecular flexibility index (Phi) is 27.4. The summed E-state index contributed by atoms with van der Waals surface area (Å²) in [5, 5.41) is 47.1. The van der Waals surface area contributed by atoms with Gasteiger partial charge in [0.25, 0.3) is 0 Å². The summed E-state index contributed by atoms with van der Waals surface area (Å²) in [6.07, 6.45) is 0.290. The van der Waals surface area contributed by atoms with Crippen LogP contribution in [0.3, 0.4) is 0 Å². The Labute approximate surface area is 465 Å². The van der Waals surface area contributed by atoms with E-state index < -0.39 is 169 Å². The molecule has 0 radical (unpaired) electrons. The summed E-state index contributed by atoms with van der Waals surface area (Å²) in [6, 6.07) is -4.89. The summed E-state index contributed by atoms with van der Waals surface area (Å²) >= 11 is 0. The molecule has 2 aliphatic heterocycles. The molecule has 1 aromatic carbocycles. The molecule has 0 aliphatic carbocycles. The molecule has 27 nitrogen and oxygen atoms in total. The number of aliphatic hydroxyl groups is 1. The number of hydrogen-bond donors (Lipinski definition) is 13. The number of carbonyl (C=O) groups is 12. The lowest BCUT2D eigenvalue weighted by Gasteiger charge is -2.35. The maximum atomic E-state index is 14.5. The Morgan fingerprint density at radius 1 is 0.625 bits per heavy atom. The van der Waals surface area contributed by atoms with Gasteiger partial charge in [-0.05, 0) is 81.2 Å². The van der Waals surface area contributed by atoms with E-state index in [1.165, 1.54) is 9.80 Å². The number of nitrogens with one attached hydrogen (secondary N) is 7. The number of unbranched alkanes of at least 4 members (excludes halogenated alkanes) is 1. The quantitative estimate of drug-likeness (QED) is 0.0317. The Bertz CT molecular complexity index is 2340. The molecule has 27 heteroatoms. The average Bonchev–Trinajstić information content (AvgIpc) is 4.12. The van der Waals surface area contributed by atoms with Crippen LogP contribution in [0.1, 0.15) is 118 Å². The Morgan fingerprint density at radius 2 is 1.16 bits per heavy atom. The third-order valence-electron chi connectivity index (χ3n) is 14.3. The van der Waals surface area contributed by atoms with Gasteiger partial charge in [-0.1, -0.05) is 78.3 Å². The van der Waals surface area contributed by atoms with Crippen LogP contribution in [0, 0.1) is 17.8 Å². The first-order valence-corrected chi connectivity index (χ1v) is 27.3. The van der Waals surface area contributed by atoms with E-state index in [9.17, 15) is 72.9 Å². The van der Waals surface area contributed by atoms with Gasteiger partial charge in [0.2, 0.25) is 59.1 Å². The van der Waals surface area contributed by atoms with E-state index in [1.807, 2.05) is 0 Å². The van der Waals surface area contributed by atoms with E-state index >= 15 is 0 Å². The number of amides is 10. The van der Waals surface area contributed by atoms with Crippen LogP contribution in [-0.4, -0.2) is 183 Å². The van der Waals surface area contributed by atoms with Gasteiger partial charge in [-0.2, -0.15) is 0 Å². The smallest absolute Gasteiger partial charge is 0.326 e. The molecule has 446 valence electrons. The molecule has 0 spiro atoms. The zero-order valence-corrected chi connectivity index (χ0v) is 46.6. The second-order valence-corrected chi connectivity index (χ2v) is 21.2. The summed E-state index contributed by atoms with van der Waals surface area (Å²) in [6.45, 7) is 9.76. The first-order chi connectivity index (χ1) is 37.8. The summed E-state index contributed by atoms with van der Waals surface area (Å²) in [5.74, 6) is -12.5. The maximum Gasteiger partial charge on any atom is 0.326 e. The number of primary amides is 1. The number of likely N-dealkylation sites (tertiary alicyclic amines) is 2. The molecule has 11 atom stereocenters. The van der Waals surface area contributed by atoms with Gasteiger partial charge in [0.05, 0.1) is 19.1 Å². The van der Waals surface area contributed by atoms with Crippen molar-refractivity contribution in [3.8, 4) is 0 Å². The van der Waals surface area contributed by atoms with Gasteiger partial charge in [-0.15, -0.1) is 0 Å². The maximum absolute atomic E-state index is 14.5. The molecular weight excluding hydrogens is 1040 g/mol. The number of carboxylic acids is 2.